The number of benzene rings is 1. The van der Waals surface area contributed by atoms with Gasteiger partial charge in [-0.15, -0.1) is 0 Å². The van der Waals surface area contributed by atoms with Crippen LogP contribution in [-0.4, -0.2) is 49.0 Å². The Morgan fingerprint density at radius 2 is 1.17 bits per heavy atom. The number of ether oxygens (including phenoxy) is 3. The van der Waals surface area contributed by atoms with Crippen LogP contribution in [0.5, 0.6) is 0 Å². The van der Waals surface area contributed by atoms with Crippen molar-refractivity contribution in [2.24, 2.45) is 0 Å². The van der Waals surface area contributed by atoms with E-state index in [0.29, 0.717) is 22.1 Å². The van der Waals surface area contributed by atoms with E-state index in [1.807, 2.05) is 67.8 Å². The number of esters is 3. The normalized spacial score (nSPS) is 11.1. The first kappa shape index (κ1) is 31.3. The highest BCUT2D eigenvalue weighted by Gasteiger charge is 2.28. The van der Waals surface area contributed by atoms with E-state index in [2.05, 4.69) is 23.8 Å². The van der Waals surface area contributed by atoms with Gasteiger partial charge in [0.2, 0.25) is 11.8 Å². The molecule has 0 bridgehead atoms. The summed E-state index contributed by atoms with van der Waals surface area (Å²) in [5.74, 6) is -3.01. The lowest BCUT2D eigenvalue weighted by molar-refractivity contribution is -0.156. The van der Waals surface area contributed by atoms with Crippen molar-refractivity contribution in [1.82, 2.24) is 0 Å². The van der Waals surface area contributed by atoms with Gasteiger partial charge in [-0.1, -0.05) is 13.2 Å². The van der Waals surface area contributed by atoms with E-state index in [4.69, 9.17) is 14.2 Å². The predicted octanol–water partition coefficient (Wildman–Crippen LogP) is 4.18. The fraction of sp³-hybridized carbons (Fsp3) is 0.318. The van der Waals surface area contributed by atoms with Crippen molar-refractivity contribution in [1.29, 1.82) is 0 Å². The van der Waals surface area contributed by atoms with Crippen molar-refractivity contribution in [3.63, 3.8) is 0 Å². The Balaban J connectivity index is 3.30. The van der Waals surface area contributed by atoms with Crippen molar-refractivity contribution in [2.45, 2.75) is 33.8 Å². The van der Waals surface area contributed by atoms with E-state index in [0.717, 1.165) is 0 Å². The van der Waals surface area contributed by atoms with Crippen LogP contribution < -0.4 is 10.6 Å². The Kier molecular flexibility index (Phi) is 12.6. The number of hydrogen-bond donors (Lipinski definition) is 2. The van der Waals surface area contributed by atoms with Crippen LogP contribution in [0.1, 0.15) is 38.1 Å². The van der Waals surface area contributed by atoms with Crippen LogP contribution in [0.4, 0.5) is 11.4 Å². The number of nitrogens with one attached hydrogen (secondary N) is 2. The molecule has 0 saturated heterocycles. The molecule has 1 unspecified atom stereocenters. The van der Waals surface area contributed by atoms with Crippen molar-refractivity contribution in [2.75, 3.05) is 23.8 Å². The first-order chi connectivity index (χ1) is 16.2. The van der Waals surface area contributed by atoms with E-state index in [1.165, 1.54) is 27.7 Å². The van der Waals surface area contributed by atoms with Gasteiger partial charge >= 0.3 is 17.9 Å². The average Bonchev–Trinajstić information content (AvgIpc) is 2.75. The number of amides is 2. The Morgan fingerprint density at radius 3 is 1.57 bits per heavy atom. The maximum atomic E-state index is 13.1. The van der Waals surface area contributed by atoms with Gasteiger partial charge in [-0.2, -0.15) is 0 Å². The van der Waals surface area contributed by atoms with Gasteiger partial charge in [-0.3, -0.25) is 9.59 Å². The molecule has 1 aromatic carbocycles. The zero-order valence-electron chi connectivity index (χ0n) is 19.3. The molecule has 2 N–H and O–H groups in total. The minimum absolute atomic E-state index is 0.0861. The largest absolute Gasteiger partial charge is 0.458 e. The molecule has 0 aliphatic carbocycles. The van der Waals surface area contributed by atoms with E-state index in [1.54, 1.807) is 0 Å². The van der Waals surface area contributed by atoms with Crippen LogP contribution >= 0.6 is 67.8 Å². The molecular formula is C22H23I3N2O8. The van der Waals surface area contributed by atoms with Gasteiger partial charge in [-0.05, 0) is 81.6 Å². The number of anilines is 2. The molecule has 0 saturated carbocycles. The molecule has 13 heteroatoms. The molecule has 0 fully saturated rings. The van der Waals surface area contributed by atoms with Crippen molar-refractivity contribution in [3.8, 4) is 0 Å². The van der Waals surface area contributed by atoms with Crippen LogP contribution in [0.15, 0.2) is 24.3 Å². The summed E-state index contributed by atoms with van der Waals surface area (Å²) < 4.78 is 16.9. The molecule has 0 aliphatic rings. The van der Waals surface area contributed by atoms with Crippen molar-refractivity contribution in [3.05, 3.63) is 40.6 Å². The fourth-order valence-corrected chi connectivity index (χ4v) is 6.46. The standard InChI is InChI=1S/C22H23I3N2O8/c1-9(2)20(30)33-7-13(35-21(31)10(3)4)8-34-22(32)14-15(23)18(26-11(5)28)17(25)19(16(14)24)27-12(6)29/h13H,1,3,7-8H2,2,4-6H3,(H,26,28)(H,27,29). The van der Waals surface area contributed by atoms with E-state index in [9.17, 15) is 24.0 Å². The maximum Gasteiger partial charge on any atom is 0.340 e. The molecule has 190 valence electrons. The number of halogens is 3. The third kappa shape index (κ3) is 9.32. The molecule has 0 aromatic heterocycles. The molecule has 0 heterocycles. The molecular weight excluding hydrogens is 801 g/mol. The minimum atomic E-state index is -1.12. The Morgan fingerprint density at radius 1 is 0.743 bits per heavy atom. The molecule has 2 amide bonds. The lowest BCUT2D eigenvalue weighted by Gasteiger charge is -2.21. The quantitative estimate of drug-likeness (QED) is 0.155. The van der Waals surface area contributed by atoms with E-state index in [-0.39, 0.29) is 35.1 Å². The van der Waals surface area contributed by atoms with Gasteiger partial charge in [0.1, 0.15) is 13.2 Å². The number of carbonyl (C=O) groups is 5. The summed E-state index contributed by atoms with van der Waals surface area (Å²) in [6.45, 7) is 11.7. The summed E-state index contributed by atoms with van der Waals surface area (Å²) in [5.41, 5.74) is 0.995. The maximum absolute atomic E-state index is 13.1. The fourth-order valence-electron chi connectivity index (χ4n) is 2.32. The van der Waals surface area contributed by atoms with Gasteiger partial charge in [0.05, 0.1) is 27.6 Å². The second-order valence-electron chi connectivity index (χ2n) is 7.21. The van der Waals surface area contributed by atoms with Crippen LogP contribution in [0.3, 0.4) is 0 Å². The van der Waals surface area contributed by atoms with E-state index < -0.39 is 30.6 Å². The summed E-state index contributed by atoms with van der Waals surface area (Å²) in [6.07, 6.45) is -1.12. The van der Waals surface area contributed by atoms with Crippen LogP contribution in [0.25, 0.3) is 0 Å². The molecule has 0 spiro atoms. The first-order valence-electron chi connectivity index (χ1n) is 9.79. The topological polar surface area (TPSA) is 137 Å². The highest BCUT2D eigenvalue weighted by molar-refractivity contribution is 14.1. The zero-order chi connectivity index (χ0) is 27.0. The monoisotopic (exact) mass is 824 g/mol. The Hall–Kier alpha value is -1.76. The van der Waals surface area contributed by atoms with Crippen LogP contribution in [0.2, 0.25) is 0 Å². The number of carbonyl (C=O) groups excluding carboxylic acids is 5. The molecule has 0 radical (unpaired) electrons. The second kappa shape index (κ2) is 14.1. The van der Waals surface area contributed by atoms with Gasteiger partial charge in [-0.25, -0.2) is 14.4 Å². The van der Waals surface area contributed by atoms with Gasteiger partial charge < -0.3 is 24.8 Å². The van der Waals surface area contributed by atoms with Gasteiger partial charge in [0, 0.05) is 25.0 Å². The first-order valence-corrected chi connectivity index (χ1v) is 13.0. The summed E-state index contributed by atoms with van der Waals surface area (Å²) in [7, 11) is 0. The molecule has 10 nitrogen and oxygen atoms in total. The molecule has 1 aromatic rings. The molecule has 35 heavy (non-hydrogen) atoms. The lowest BCUT2D eigenvalue weighted by atomic mass is 10.1. The summed E-state index contributed by atoms with van der Waals surface area (Å²) in [6, 6.07) is 0. The minimum Gasteiger partial charge on any atom is -0.458 e. The van der Waals surface area contributed by atoms with Crippen LogP contribution in [-0.2, 0) is 33.4 Å². The highest BCUT2D eigenvalue weighted by atomic mass is 127. The predicted molar refractivity (Wildman–Crippen MR) is 154 cm³/mol. The van der Waals surface area contributed by atoms with E-state index >= 15 is 0 Å². The van der Waals surface area contributed by atoms with Crippen LogP contribution in [0, 0.1) is 10.7 Å². The highest BCUT2D eigenvalue weighted by Crippen LogP contribution is 2.39. The second-order valence-corrected chi connectivity index (χ2v) is 10.5. The number of hydrogen-bond acceptors (Lipinski definition) is 8. The Bertz CT molecular complexity index is 1060. The Labute approximate surface area is 243 Å². The third-order valence-corrected chi connectivity index (χ3v) is 7.13. The van der Waals surface area contributed by atoms with Crippen molar-refractivity contribution >= 4 is 109 Å². The average molecular weight is 824 g/mol. The summed E-state index contributed by atoms with van der Waals surface area (Å²) in [5, 5.41) is 5.33. The number of rotatable bonds is 10. The molecule has 0 aliphatic heterocycles. The third-order valence-electron chi connectivity index (χ3n) is 3.89. The lowest BCUT2D eigenvalue weighted by Crippen LogP contribution is -2.31. The van der Waals surface area contributed by atoms with Crippen molar-refractivity contribution < 1.29 is 38.2 Å². The van der Waals surface area contributed by atoms with Gasteiger partial charge in [0.15, 0.2) is 6.10 Å². The molecule has 1 rings (SSSR count). The smallest absolute Gasteiger partial charge is 0.340 e. The summed E-state index contributed by atoms with van der Waals surface area (Å²) >= 11 is 5.75. The SMILES string of the molecule is C=C(C)C(=O)OCC(COC(=O)c1c(I)c(NC(C)=O)c(I)c(NC(C)=O)c1I)OC(=O)C(=C)C. The zero-order valence-corrected chi connectivity index (χ0v) is 25.8. The molecule has 1 atom stereocenters. The van der Waals surface area contributed by atoms with Gasteiger partial charge in [0.25, 0.3) is 0 Å². The summed E-state index contributed by atoms with van der Waals surface area (Å²) in [4.78, 5) is 60.3.